The van der Waals surface area contributed by atoms with Crippen molar-refractivity contribution in [1.29, 1.82) is 0 Å². The van der Waals surface area contributed by atoms with Crippen LogP contribution in [0.1, 0.15) is 13.8 Å². The van der Waals surface area contributed by atoms with Crippen LogP contribution >= 0.6 is 0 Å². The molecule has 0 aromatic carbocycles. The molecule has 62 valence electrons. The van der Waals surface area contributed by atoms with E-state index in [0.29, 0.717) is 5.57 Å². The number of methoxy groups -OCH3 is 1. The molecule has 0 amide bonds. The summed E-state index contributed by atoms with van der Waals surface area (Å²) in [5, 5.41) is 0. The zero-order valence-electron chi connectivity index (χ0n) is 6.71. The highest BCUT2D eigenvalue weighted by atomic mass is 16.7. The average molecular weight is 158 g/mol. The SMILES string of the molecule is C/C=C(\C)C(=O)OC(=O)OC. The Morgan fingerprint density at radius 3 is 2.27 bits per heavy atom. The van der Waals surface area contributed by atoms with Gasteiger partial charge >= 0.3 is 12.1 Å². The van der Waals surface area contributed by atoms with E-state index in [9.17, 15) is 9.59 Å². The number of ether oxygens (including phenoxy) is 2. The van der Waals surface area contributed by atoms with Crippen LogP contribution in [0.15, 0.2) is 11.6 Å². The van der Waals surface area contributed by atoms with Gasteiger partial charge in [-0.25, -0.2) is 9.59 Å². The lowest BCUT2D eigenvalue weighted by Gasteiger charge is -1.99. The first-order valence-electron chi connectivity index (χ1n) is 3.04. The number of esters is 1. The maximum absolute atomic E-state index is 10.8. The van der Waals surface area contributed by atoms with Gasteiger partial charge in [0.1, 0.15) is 0 Å². The van der Waals surface area contributed by atoms with Gasteiger partial charge in [-0.15, -0.1) is 0 Å². The van der Waals surface area contributed by atoms with Crippen molar-refractivity contribution in [2.24, 2.45) is 0 Å². The summed E-state index contributed by atoms with van der Waals surface area (Å²) < 4.78 is 8.29. The molecule has 11 heavy (non-hydrogen) atoms. The summed E-state index contributed by atoms with van der Waals surface area (Å²) in [6.45, 7) is 3.22. The van der Waals surface area contributed by atoms with Gasteiger partial charge in [-0.05, 0) is 13.8 Å². The van der Waals surface area contributed by atoms with Crippen LogP contribution in [-0.2, 0) is 14.3 Å². The maximum Gasteiger partial charge on any atom is 0.516 e. The lowest BCUT2D eigenvalue weighted by Crippen LogP contribution is -2.12. The van der Waals surface area contributed by atoms with Crippen molar-refractivity contribution in [3.05, 3.63) is 11.6 Å². The van der Waals surface area contributed by atoms with Crippen LogP contribution in [0.5, 0.6) is 0 Å². The van der Waals surface area contributed by atoms with Crippen LogP contribution in [0.3, 0.4) is 0 Å². The Balaban J connectivity index is 3.98. The van der Waals surface area contributed by atoms with Gasteiger partial charge < -0.3 is 9.47 Å². The average Bonchev–Trinajstić information content (AvgIpc) is 2.02. The second-order valence-electron chi connectivity index (χ2n) is 1.82. The maximum atomic E-state index is 10.8. The molecular weight excluding hydrogens is 148 g/mol. The fourth-order valence-electron chi connectivity index (χ4n) is 0.316. The molecule has 0 aromatic rings. The third-order valence-electron chi connectivity index (χ3n) is 1.10. The fourth-order valence-corrected chi connectivity index (χ4v) is 0.316. The number of rotatable bonds is 1. The molecule has 0 saturated carbocycles. The highest BCUT2D eigenvalue weighted by molar-refractivity contribution is 5.93. The summed E-state index contributed by atoms with van der Waals surface area (Å²) in [4.78, 5) is 21.1. The van der Waals surface area contributed by atoms with E-state index in [-0.39, 0.29) is 0 Å². The Morgan fingerprint density at radius 1 is 1.36 bits per heavy atom. The summed E-state index contributed by atoms with van der Waals surface area (Å²) in [6.07, 6.45) is 0.557. The summed E-state index contributed by atoms with van der Waals surface area (Å²) in [5.41, 5.74) is 0.371. The number of hydrogen-bond acceptors (Lipinski definition) is 4. The molecule has 4 nitrogen and oxygen atoms in total. The Kier molecular flexibility index (Phi) is 3.95. The Bertz CT molecular complexity index is 193. The molecule has 4 heteroatoms. The predicted molar refractivity (Wildman–Crippen MR) is 37.9 cm³/mol. The Hall–Kier alpha value is -1.32. The summed E-state index contributed by atoms with van der Waals surface area (Å²) in [5.74, 6) is -0.681. The number of hydrogen-bond donors (Lipinski definition) is 0. The summed E-state index contributed by atoms with van der Waals surface area (Å²) >= 11 is 0. The molecule has 0 N–H and O–H groups in total. The molecular formula is C7H10O4. The summed E-state index contributed by atoms with van der Waals surface area (Å²) in [6, 6.07) is 0. The van der Waals surface area contributed by atoms with Crippen molar-refractivity contribution in [2.75, 3.05) is 7.11 Å². The van der Waals surface area contributed by atoms with Gasteiger partial charge in [-0.3, -0.25) is 0 Å². The summed E-state index contributed by atoms with van der Waals surface area (Å²) in [7, 11) is 1.14. The quantitative estimate of drug-likeness (QED) is 0.327. The van der Waals surface area contributed by atoms with E-state index >= 15 is 0 Å². The van der Waals surface area contributed by atoms with Crippen molar-refractivity contribution in [2.45, 2.75) is 13.8 Å². The smallest absolute Gasteiger partial charge is 0.437 e. The van der Waals surface area contributed by atoms with Crippen LogP contribution < -0.4 is 0 Å². The van der Waals surface area contributed by atoms with Gasteiger partial charge in [0.2, 0.25) is 0 Å². The largest absolute Gasteiger partial charge is 0.516 e. The number of carbonyl (C=O) groups is 2. The minimum atomic E-state index is -0.990. The zero-order valence-corrected chi connectivity index (χ0v) is 6.71. The number of carbonyl (C=O) groups excluding carboxylic acids is 2. The minimum absolute atomic E-state index is 0.371. The molecule has 0 heterocycles. The molecule has 0 bridgehead atoms. The second kappa shape index (κ2) is 4.49. The van der Waals surface area contributed by atoms with Crippen molar-refractivity contribution in [1.82, 2.24) is 0 Å². The van der Waals surface area contributed by atoms with Crippen molar-refractivity contribution >= 4 is 12.1 Å². The second-order valence-corrected chi connectivity index (χ2v) is 1.82. The van der Waals surface area contributed by atoms with Crippen LogP contribution in [-0.4, -0.2) is 19.2 Å². The Morgan fingerprint density at radius 2 is 1.91 bits per heavy atom. The van der Waals surface area contributed by atoms with Crippen LogP contribution in [0.2, 0.25) is 0 Å². The predicted octanol–water partition coefficient (Wildman–Crippen LogP) is 1.26. The van der Waals surface area contributed by atoms with E-state index in [1.54, 1.807) is 19.9 Å². The molecule has 0 aliphatic rings. The van der Waals surface area contributed by atoms with Crippen LogP contribution in [0, 0.1) is 0 Å². The first kappa shape index (κ1) is 9.68. The van der Waals surface area contributed by atoms with Crippen molar-refractivity contribution in [3.8, 4) is 0 Å². The Labute approximate surface area is 64.8 Å². The highest BCUT2D eigenvalue weighted by Gasteiger charge is 2.10. The first-order valence-corrected chi connectivity index (χ1v) is 3.04. The van der Waals surface area contributed by atoms with E-state index < -0.39 is 12.1 Å². The highest BCUT2D eigenvalue weighted by Crippen LogP contribution is 1.96. The molecule has 0 aromatic heterocycles. The first-order chi connectivity index (χ1) is 5.11. The van der Waals surface area contributed by atoms with E-state index in [0.717, 1.165) is 7.11 Å². The normalized spacial score (nSPS) is 10.6. The van der Waals surface area contributed by atoms with E-state index in [4.69, 9.17) is 0 Å². The molecule has 0 fully saturated rings. The molecule has 0 aliphatic heterocycles. The molecule has 0 atom stereocenters. The molecule has 0 aliphatic carbocycles. The van der Waals surface area contributed by atoms with Crippen LogP contribution in [0.4, 0.5) is 4.79 Å². The van der Waals surface area contributed by atoms with Gasteiger partial charge in [0.25, 0.3) is 0 Å². The van der Waals surface area contributed by atoms with Crippen molar-refractivity contribution in [3.63, 3.8) is 0 Å². The third-order valence-corrected chi connectivity index (χ3v) is 1.10. The minimum Gasteiger partial charge on any atom is -0.437 e. The monoisotopic (exact) mass is 158 g/mol. The zero-order chi connectivity index (χ0) is 8.85. The third kappa shape index (κ3) is 3.40. The number of allylic oxidation sites excluding steroid dienone is 1. The standard InChI is InChI=1S/C7H10O4/c1-4-5(2)6(8)11-7(9)10-3/h4H,1-3H3/b5-4+. The lowest BCUT2D eigenvalue weighted by atomic mass is 10.3. The van der Waals surface area contributed by atoms with Gasteiger partial charge in [0.05, 0.1) is 7.11 Å². The topological polar surface area (TPSA) is 52.6 Å². The molecule has 0 unspecified atom stereocenters. The lowest BCUT2D eigenvalue weighted by molar-refractivity contribution is -0.135. The molecule has 0 radical (unpaired) electrons. The van der Waals surface area contributed by atoms with E-state index in [1.807, 2.05) is 0 Å². The molecule has 0 spiro atoms. The van der Waals surface area contributed by atoms with Gasteiger partial charge in [0.15, 0.2) is 0 Å². The van der Waals surface area contributed by atoms with Gasteiger partial charge in [-0.1, -0.05) is 6.08 Å². The van der Waals surface area contributed by atoms with Crippen molar-refractivity contribution < 1.29 is 19.1 Å². The van der Waals surface area contributed by atoms with E-state index in [2.05, 4.69) is 9.47 Å². The van der Waals surface area contributed by atoms with Crippen LogP contribution in [0.25, 0.3) is 0 Å². The van der Waals surface area contributed by atoms with Gasteiger partial charge in [-0.2, -0.15) is 0 Å². The molecule has 0 saturated heterocycles. The van der Waals surface area contributed by atoms with E-state index in [1.165, 1.54) is 0 Å². The molecule has 0 rings (SSSR count). The van der Waals surface area contributed by atoms with Gasteiger partial charge in [0, 0.05) is 5.57 Å². The fraction of sp³-hybridized carbons (Fsp3) is 0.429.